The van der Waals surface area contributed by atoms with E-state index in [1.807, 2.05) is 6.92 Å². The normalized spacial score (nSPS) is 10.3. The van der Waals surface area contributed by atoms with Crippen LogP contribution in [0.5, 0.6) is 5.88 Å². The van der Waals surface area contributed by atoms with Crippen LogP contribution >= 0.6 is 0 Å². The first-order chi connectivity index (χ1) is 9.72. The quantitative estimate of drug-likeness (QED) is 0.848. The van der Waals surface area contributed by atoms with E-state index in [1.54, 1.807) is 18.2 Å². The minimum absolute atomic E-state index is 0.268. The summed E-state index contributed by atoms with van der Waals surface area (Å²) in [5.41, 5.74) is 6.79. The van der Waals surface area contributed by atoms with Gasteiger partial charge in [-0.25, -0.2) is 9.37 Å². The van der Waals surface area contributed by atoms with Crippen molar-refractivity contribution in [3.8, 4) is 5.88 Å². The number of halogens is 1. The third kappa shape index (κ3) is 3.34. The van der Waals surface area contributed by atoms with E-state index in [-0.39, 0.29) is 5.82 Å². The van der Waals surface area contributed by atoms with Crippen LogP contribution < -0.4 is 15.8 Å². The molecule has 2 rings (SSSR count). The Balaban J connectivity index is 2.08. The molecule has 0 amide bonds. The molecule has 3 N–H and O–H groups in total. The van der Waals surface area contributed by atoms with Crippen LogP contribution in [-0.4, -0.2) is 16.6 Å². The first-order valence-corrected chi connectivity index (χ1v) is 6.43. The van der Waals surface area contributed by atoms with Gasteiger partial charge in [0.15, 0.2) is 5.82 Å². The molecule has 1 aromatic heterocycles. The lowest BCUT2D eigenvalue weighted by molar-refractivity contribution is 0.306. The third-order valence-electron chi connectivity index (χ3n) is 2.69. The Hall–Kier alpha value is -2.37. The monoisotopic (exact) mass is 276 g/mol. The molecule has 0 atom stereocenters. The predicted octanol–water partition coefficient (Wildman–Crippen LogP) is 2.60. The summed E-state index contributed by atoms with van der Waals surface area (Å²) in [6.07, 6.45) is 2.23. The maximum Gasteiger partial charge on any atom is 0.242 e. The molecule has 5 nitrogen and oxygen atoms in total. The summed E-state index contributed by atoms with van der Waals surface area (Å²) >= 11 is 0. The van der Waals surface area contributed by atoms with Crippen LogP contribution in [0.3, 0.4) is 0 Å². The molecule has 0 aliphatic heterocycles. The molecule has 20 heavy (non-hydrogen) atoms. The largest absolute Gasteiger partial charge is 0.476 e. The molecule has 6 heteroatoms. The van der Waals surface area contributed by atoms with Crippen LogP contribution in [0.4, 0.5) is 15.9 Å². The van der Waals surface area contributed by atoms with Gasteiger partial charge in [0.25, 0.3) is 0 Å². The Bertz CT molecular complexity index is 577. The van der Waals surface area contributed by atoms with Gasteiger partial charge in [0, 0.05) is 12.1 Å². The van der Waals surface area contributed by atoms with E-state index >= 15 is 0 Å². The summed E-state index contributed by atoms with van der Waals surface area (Å²) in [4.78, 5) is 8.02. The number of ether oxygens (including phenoxy) is 1. The third-order valence-corrected chi connectivity index (χ3v) is 2.69. The number of aromatic nitrogens is 2. The second-order valence-corrected chi connectivity index (χ2v) is 4.23. The van der Waals surface area contributed by atoms with Gasteiger partial charge in [0.1, 0.15) is 17.8 Å². The lowest BCUT2D eigenvalue weighted by Gasteiger charge is -2.11. The van der Waals surface area contributed by atoms with Gasteiger partial charge >= 0.3 is 0 Å². The van der Waals surface area contributed by atoms with Crippen LogP contribution in [0, 0.1) is 5.82 Å². The highest BCUT2D eigenvalue weighted by molar-refractivity contribution is 5.66. The highest BCUT2D eigenvalue weighted by Crippen LogP contribution is 2.25. The molecule has 0 bridgehead atoms. The second kappa shape index (κ2) is 6.70. The number of hydrogen-bond donors (Lipinski definition) is 2. The molecule has 0 spiro atoms. The SMILES string of the molecule is CCCOc1ncnc(NCc2ccccc2F)c1N. The van der Waals surface area contributed by atoms with Crippen molar-refractivity contribution >= 4 is 11.5 Å². The van der Waals surface area contributed by atoms with Gasteiger partial charge in [0.2, 0.25) is 5.88 Å². The molecule has 0 aliphatic rings. The smallest absolute Gasteiger partial charge is 0.242 e. The number of benzene rings is 1. The fourth-order valence-corrected chi connectivity index (χ4v) is 1.65. The van der Waals surface area contributed by atoms with Crippen molar-refractivity contribution in [3.05, 3.63) is 42.0 Å². The first-order valence-electron chi connectivity index (χ1n) is 6.43. The fraction of sp³-hybridized carbons (Fsp3) is 0.286. The summed E-state index contributed by atoms with van der Waals surface area (Å²) in [6, 6.07) is 6.54. The molecule has 0 saturated carbocycles. The van der Waals surface area contributed by atoms with Gasteiger partial charge in [-0.1, -0.05) is 25.1 Å². The zero-order valence-corrected chi connectivity index (χ0v) is 11.3. The van der Waals surface area contributed by atoms with Gasteiger partial charge in [-0.15, -0.1) is 0 Å². The van der Waals surface area contributed by atoms with Gasteiger partial charge in [-0.05, 0) is 12.5 Å². The van der Waals surface area contributed by atoms with E-state index in [1.165, 1.54) is 12.4 Å². The Morgan fingerprint density at radius 3 is 2.85 bits per heavy atom. The Morgan fingerprint density at radius 1 is 1.30 bits per heavy atom. The molecule has 1 aromatic carbocycles. The molecular formula is C14H17FN4O. The molecule has 0 unspecified atom stereocenters. The highest BCUT2D eigenvalue weighted by atomic mass is 19.1. The summed E-state index contributed by atoms with van der Waals surface area (Å²) in [5.74, 6) is 0.516. The first kappa shape index (κ1) is 14.0. The summed E-state index contributed by atoms with van der Waals surface area (Å²) in [7, 11) is 0. The number of nitrogen functional groups attached to an aromatic ring is 1. The maximum atomic E-state index is 13.5. The number of nitrogens with one attached hydrogen (secondary N) is 1. The van der Waals surface area contributed by atoms with Crippen molar-refractivity contribution < 1.29 is 9.13 Å². The van der Waals surface area contributed by atoms with Crippen molar-refractivity contribution in [2.24, 2.45) is 0 Å². The van der Waals surface area contributed by atoms with E-state index in [2.05, 4.69) is 15.3 Å². The minimum atomic E-state index is -0.268. The van der Waals surface area contributed by atoms with Crippen LogP contribution in [0.15, 0.2) is 30.6 Å². The molecule has 2 aromatic rings. The number of rotatable bonds is 6. The second-order valence-electron chi connectivity index (χ2n) is 4.23. The molecular weight excluding hydrogens is 259 g/mol. The van der Waals surface area contributed by atoms with Gasteiger partial charge in [-0.3, -0.25) is 0 Å². The zero-order valence-electron chi connectivity index (χ0n) is 11.3. The highest BCUT2D eigenvalue weighted by Gasteiger charge is 2.09. The van der Waals surface area contributed by atoms with E-state index < -0.39 is 0 Å². The van der Waals surface area contributed by atoms with Crippen molar-refractivity contribution in [2.45, 2.75) is 19.9 Å². The van der Waals surface area contributed by atoms with Crippen molar-refractivity contribution in [1.82, 2.24) is 9.97 Å². The van der Waals surface area contributed by atoms with E-state index in [9.17, 15) is 4.39 Å². The van der Waals surface area contributed by atoms with Crippen molar-refractivity contribution in [3.63, 3.8) is 0 Å². The Kier molecular flexibility index (Phi) is 4.70. The van der Waals surface area contributed by atoms with Crippen molar-refractivity contribution in [1.29, 1.82) is 0 Å². The van der Waals surface area contributed by atoms with Gasteiger partial charge in [0.05, 0.1) is 6.61 Å². The van der Waals surface area contributed by atoms with Crippen molar-refractivity contribution in [2.75, 3.05) is 17.7 Å². The van der Waals surface area contributed by atoms with Crippen LogP contribution in [0.2, 0.25) is 0 Å². The minimum Gasteiger partial charge on any atom is -0.476 e. The van der Waals surface area contributed by atoms with Gasteiger partial charge in [-0.2, -0.15) is 4.98 Å². The number of nitrogens with zero attached hydrogens (tertiary/aromatic N) is 2. The molecule has 0 saturated heterocycles. The molecule has 106 valence electrons. The topological polar surface area (TPSA) is 73.1 Å². The lowest BCUT2D eigenvalue weighted by atomic mass is 10.2. The number of hydrogen-bond acceptors (Lipinski definition) is 5. The van der Waals surface area contributed by atoms with E-state index in [4.69, 9.17) is 10.5 Å². The average Bonchev–Trinajstić information content (AvgIpc) is 2.46. The summed E-state index contributed by atoms with van der Waals surface area (Å²) < 4.78 is 18.9. The van der Waals surface area contributed by atoms with Crippen LogP contribution in [0.25, 0.3) is 0 Å². The van der Waals surface area contributed by atoms with E-state index in [0.717, 1.165) is 6.42 Å². The number of anilines is 2. The Labute approximate surface area is 117 Å². The molecule has 0 fully saturated rings. The van der Waals surface area contributed by atoms with Gasteiger partial charge < -0.3 is 15.8 Å². The summed E-state index contributed by atoms with van der Waals surface area (Å²) in [5, 5.41) is 2.99. The standard InChI is InChI=1S/C14H17FN4O/c1-2-7-20-14-12(16)13(18-9-19-14)17-8-10-5-3-4-6-11(10)15/h3-6,9H,2,7-8,16H2,1H3,(H,17,18,19). The zero-order chi connectivity index (χ0) is 14.4. The van der Waals surface area contributed by atoms with E-state index in [0.29, 0.717) is 36.1 Å². The number of nitrogens with two attached hydrogens (primary N) is 1. The molecule has 0 aliphatic carbocycles. The molecule has 1 heterocycles. The summed E-state index contributed by atoms with van der Waals surface area (Å²) in [6.45, 7) is 2.82. The molecule has 0 radical (unpaired) electrons. The predicted molar refractivity (Wildman–Crippen MR) is 76.0 cm³/mol. The fourth-order valence-electron chi connectivity index (χ4n) is 1.65. The lowest BCUT2D eigenvalue weighted by Crippen LogP contribution is -2.09. The average molecular weight is 276 g/mol. The van der Waals surface area contributed by atoms with Crippen LogP contribution in [0.1, 0.15) is 18.9 Å². The maximum absolute atomic E-state index is 13.5. The Morgan fingerprint density at radius 2 is 2.10 bits per heavy atom. The van der Waals surface area contributed by atoms with Crippen LogP contribution in [-0.2, 0) is 6.54 Å².